The SMILES string of the molecule is Cc1cccc([C@@H]2c3cc(OCc4nc(C(=O)Nc5ccccc5)cs4)ccc3CCN2C(=O)C2CC2)c1. The molecule has 2 aliphatic rings. The lowest BCUT2D eigenvalue weighted by atomic mass is 9.87. The Morgan fingerprint density at radius 3 is 2.68 bits per heavy atom. The zero-order valence-corrected chi connectivity index (χ0v) is 22.0. The van der Waals surface area contributed by atoms with Crippen molar-refractivity contribution in [2.24, 2.45) is 5.92 Å². The Kier molecular flexibility index (Phi) is 6.68. The molecule has 38 heavy (non-hydrogen) atoms. The first-order valence-corrected chi connectivity index (χ1v) is 13.9. The number of amides is 2. The van der Waals surface area contributed by atoms with Crippen molar-refractivity contribution >= 4 is 28.8 Å². The lowest BCUT2D eigenvalue weighted by molar-refractivity contribution is -0.134. The van der Waals surface area contributed by atoms with Crippen molar-refractivity contribution in [3.05, 3.63) is 111 Å². The van der Waals surface area contributed by atoms with Gasteiger partial charge < -0.3 is 15.0 Å². The van der Waals surface area contributed by atoms with E-state index in [1.165, 1.54) is 22.5 Å². The van der Waals surface area contributed by atoms with Crippen molar-refractivity contribution in [1.29, 1.82) is 0 Å². The van der Waals surface area contributed by atoms with Gasteiger partial charge in [0.2, 0.25) is 5.91 Å². The maximum absolute atomic E-state index is 13.3. The number of nitrogens with zero attached hydrogens (tertiary/aromatic N) is 2. The number of carbonyl (C=O) groups is 2. The number of aromatic nitrogens is 1. The van der Waals surface area contributed by atoms with Crippen molar-refractivity contribution in [3.8, 4) is 5.75 Å². The molecular weight excluding hydrogens is 494 g/mol. The van der Waals surface area contributed by atoms with Gasteiger partial charge in [-0.15, -0.1) is 11.3 Å². The molecule has 0 radical (unpaired) electrons. The molecule has 6 nitrogen and oxygen atoms in total. The third-order valence-electron chi connectivity index (χ3n) is 7.09. The van der Waals surface area contributed by atoms with Crippen molar-refractivity contribution in [2.45, 2.75) is 38.8 Å². The van der Waals surface area contributed by atoms with E-state index < -0.39 is 0 Å². The van der Waals surface area contributed by atoms with Crippen LogP contribution in [0.15, 0.2) is 78.2 Å². The first-order valence-electron chi connectivity index (χ1n) is 13.0. The molecule has 192 valence electrons. The number of nitrogens with one attached hydrogen (secondary N) is 1. The molecule has 4 aromatic rings. The maximum atomic E-state index is 13.3. The molecular formula is C31H29N3O3S. The molecule has 0 saturated heterocycles. The number of aryl methyl sites for hydroxylation is 1. The topological polar surface area (TPSA) is 71.5 Å². The van der Waals surface area contributed by atoms with Crippen LogP contribution in [0.25, 0.3) is 0 Å². The highest BCUT2D eigenvalue weighted by atomic mass is 32.1. The van der Waals surface area contributed by atoms with Gasteiger partial charge in [0.1, 0.15) is 23.1 Å². The van der Waals surface area contributed by atoms with Crippen LogP contribution in [0.1, 0.15) is 56.6 Å². The Morgan fingerprint density at radius 2 is 1.89 bits per heavy atom. The van der Waals surface area contributed by atoms with E-state index in [1.54, 1.807) is 5.38 Å². The minimum Gasteiger partial charge on any atom is -0.486 e. The van der Waals surface area contributed by atoms with Crippen LogP contribution >= 0.6 is 11.3 Å². The first kappa shape index (κ1) is 24.4. The largest absolute Gasteiger partial charge is 0.486 e. The quantitative estimate of drug-likeness (QED) is 0.315. The zero-order chi connectivity index (χ0) is 26.1. The van der Waals surface area contributed by atoms with Crippen LogP contribution in [0.3, 0.4) is 0 Å². The maximum Gasteiger partial charge on any atom is 0.275 e. The van der Waals surface area contributed by atoms with Crippen LogP contribution in [0, 0.1) is 12.8 Å². The molecule has 7 heteroatoms. The average Bonchev–Trinajstić information content (AvgIpc) is 3.68. The van der Waals surface area contributed by atoms with E-state index in [1.807, 2.05) is 36.4 Å². The van der Waals surface area contributed by atoms with Gasteiger partial charge >= 0.3 is 0 Å². The van der Waals surface area contributed by atoms with Crippen molar-refractivity contribution in [1.82, 2.24) is 9.88 Å². The fraction of sp³-hybridized carbons (Fsp3) is 0.258. The third-order valence-corrected chi connectivity index (χ3v) is 7.91. The van der Waals surface area contributed by atoms with Gasteiger partial charge in [-0.05, 0) is 67.1 Å². The molecule has 6 rings (SSSR count). The fourth-order valence-electron chi connectivity index (χ4n) is 5.03. The fourth-order valence-corrected chi connectivity index (χ4v) is 5.71. The van der Waals surface area contributed by atoms with E-state index in [-0.39, 0.29) is 30.4 Å². The molecule has 1 N–H and O–H groups in total. The van der Waals surface area contributed by atoms with E-state index in [0.29, 0.717) is 5.69 Å². The summed E-state index contributed by atoms with van der Waals surface area (Å²) < 4.78 is 6.15. The Labute approximate surface area is 226 Å². The molecule has 0 unspecified atom stereocenters. The van der Waals surface area contributed by atoms with Crippen LogP contribution in [0.4, 0.5) is 5.69 Å². The highest BCUT2D eigenvalue weighted by Crippen LogP contribution is 2.41. The molecule has 1 saturated carbocycles. The van der Waals surface area contributed by atoms with Crippen LogP contribution < -0.4 is 10.1 Å². The number of fused-ring (bicyclic) bond motifs is 1. The summed E-state index contributed by atoms with van der Waals surface area (Å²) in [5, 5.41) is 5.33. The Bertz CT molecular complexity index is 1480. The molecule has 2 amide bonds. The number of carbonyl (C=O) groups excluding carboxylic acids is 2. The average molecular weight is 524 g/mol. The summed E-state index contributed by atoms with van der Waals surface area (Å²) in [7, 11) is 0. The second kappa shape index (κ2) is 10.4. The molecule has 1 fully saturated rings. The summed E-state index contributed by atoms with van der Waals surface area (Å²) in [5.41, 5.74) is 5.78. The van der Waals surface area contributed by atoms with Gasteiger partial charge in [-0.2, -0.15) is 0 Å². The van der Waals surface area contributed by atoms with E-state index in [9.17, 15) is 9.59 Å². The van der Waals surface area contributed by atoms with Gasteiger partial charge in [0, 0.05) is 23.5 Å². The molecule has 3 aromatic carbocycles. The number of para-hydroxylation sites is 1. The van der Waals surface area contributed by atoms with E-state index in [4.69, 9.17) is 4.74 Å². The number of ether oxygens (including phenoxy) is 1. The van der Waals surface area contributed by atoms with Crippen LogP contribution in [0.2, 0.25) is 0 Å². The zero-order valence-electron chi connectivity index (χ0n) is 21.2. The normalized spacial score (nSPS) is 16.6. The van der Waals surface area contributed by atoms with Gasteiger partial charge in [-0.3, -0.25) is 9.59 Å². The highest BCUT2D eigenvalue weighted by Gasteiger charge is 2.39. The van der Waals surface area contributed by atoms with Crippen molar-refractivity contribution in [2.75, 3.05) is 11.9 Å². The van der Waals surface area contributed by atoms with E-state index in [2.05, 4.69) is 58.5 Å². The third kappa shape index (κ3) is 5.20. The highest BCUT2D eigenvalue weighted by molar-refractivity contribution is 7.09. The van der Waals surface area contributed by atoms with Crippen molar-refractivity contribution in [3.63, 3.8) is 0 Å². The molecule has 1 aliphatic heterocycles. The molecule has 0 bridgehead atoms. The van der Waals surface area contributed by atoms with Gasteiger partial charge in [-0.25, -0.2) is 4.98 Å². The Morgan fingerprint density at radius 1 is 1.05 bits per heavy atom. The van der Waals surface area contributed by atoms with E-state index in [0.717, 1.165) is 53.4 Å². The van der Waals surface area contributed by atoms with Gasteiger partial charge in [0.15, 0.2) is 0 Å². The van der Waals surface area contributed by atoms with Gasteiger partial charge in [0.25, 0.3) is 5.91 Å². The minimum atomic E-state index is -0.242. The summed E-state index contributed by atoms with van der Waals surface area (Å²) in [6.07, 6.45) is 2.82. The second-order valence-corrected chi connectivity index (χ2v) is 10.9. The Balaban J connectivity index is 1.21. The summed E-state index contributed by atoms with van der Waals surface area (Å²) in [6.45, 7) is 3.08. The monoisotopic (exact) mass is 523 g/mol. The lowest BCUT2D eigenvalue weighted by Gasteiger charge is -2.38. The molecule has 2 heterocycles. The Hall–Kier alpha value is -3.97. The van der Waals surface area contributed by atoms with Crippen molar-refractivity contribution < 1.29 is 14.3 Å². The molecule has 1 aromatic heterocycles. The standard InChI is InChI=1S/C31H29N3O3S/c1-20-6-5-7-23(16-20)29-26-17-25(13-12-21(26)14-15-34(29)31(36)22-10-11-22)37-18-28-33-27(19-38-28)30(35)32-24-8-3-2-4-9-24/h2-9,12-13,16-17,19,22,29H,10-11,14-15,18H2,1H3,(H,32,35)/t29-/m1/s1. The summed E-state index contributed by atoms with van der Waals surface area (Å²) in [4.78, 5) is 32.4. The van der Waals surface area contributed by atoms with Crippen LogP contribution in [-0.4, -0.2) is 28.2 Å². The number of anilines is 1. The number of hydrogen-bond acceptors (Lipinski definition) is 5. The number of thiazole rings is 1. The molecule has 1 aliphatic carbocycles. The minimum absolute atomic E-state index is 0.122. The van der Waals surface area contributed by atoms with E-state index >= 15 is 0 Å². The number of hydrogen-bond donors (Lipinski definition) is 1. The first-order chi connectivity index (χ1) is 18.5. The summed E-state index contributed by atoms with van der Waals surface area (Å²) in [5.74, 6) is 0.917. The van der Waals surface area contributed by atoms with Gasteiger partial charge in [-0.1, -0.05) is 54.1 Å². The molecule has 1 atom stereocenters. The lowest BCUT2D eigenvalue weighted by Crippen LogP contribution is -2.41. The summed E-state index contributed by atoms with van der Waals surface area (Å²) in [6, 6.07) is 23.8. The van der Waals surface area contributed by atoms with Crippen LogP contribution in [0.5, 0.6) is 5.75 Å². The number of benzene rings is 3. The summed E-state index contributed by atoms with van der Waals surface area (Å²) >= 11 is 1.40. The second-order valence-electron chi connectivity index (χ2n) is 9.97. The smallest absolute Gasteiger partial charge is 0.275 e. The molecule has 0 spiro atoms. The number of rotatable bonds is 7. The van der Waals surface area contributed by atoms with Crippen LogP contribution in [-0.2, 0) is 17.8 Å². The predicted octanol–water partition coefficient (Wildman–Crippen LogP) is 6.17. The van der Waals surface area contributed by atoms with Gasteiger partial charge in [0.05, 0.1) is 6.04 Å². The predicted molar refractivity (Wildman–Crippen MR) is 148 cm³/mol.